The lowest BCUT2D eigenvalue weighted by molar-refractivity contribution is 0.498. The van der Waals surface area contributed by atoms with E-state index in [0.29, 0.717) is 0 Å². The fourth-order valence-corrected chi connectivity index (χ4v) is 2.54. The number of nitrogens with two attached hydrogens (primary N) is 1. The molecule has 2 heterocycles. The maximum absolute atomic E-state index is 6.37. The average molecular weight is 312 g/mol. The monoisotopic (exact) mass is 311 g/mol. The van der Waals surface area contributed by atoms with Gasteiger partial charge in [0.15, 0.2) is 0 Å². The Kier molecular flexibility index (Phi) is 3.59. The predicted molar refractivity (Wildman–Crippen MR) is 74.3 cm³/mol. The van der Waals surface area contributed by atoms with E-state index in [9.17, 15) is 0 Å². The Morgan fingerprint density at radius 2 is 1.94 bits per heavy atom. The topological polar surface area (TPSA) is 61.7 Å². The molecule has 0 aliphatic rings. The second kappa shape index (κ2) is 4.85. The van der Waals surface area contributed by atoms with Crippen LogP contribution >= 0.6 is 15.9 Å². The molecule has 0 aliphatic heterocycles. The molecule has 0 fully saturated rings. The second-order valence-electron chi connectivity index (χ2n) is 4.70. The molecule has 2 aromatic rings. The number of halogens is 1. The van der Waals surface area contributed by atoms with Gasteiger partial charge in [-0.1, -0.05) is 0 Å². The molecule has 2 aromatic heterocycles. The van der Waals surface area contributed by atoms with E-state index in [1.807, 2.05) is 29.5 Å². The van der Waals surface area contributed by atoms with Crippen molar-refractivity contribution in [3.05, 3.63) is 33.8 Å². The minimum atomic E-state index is -0.224. The molecule has 0 saturated carbocycles. The number of aromatic nitrogens is 4. The summed E-state index contributed by atoms with van der Waals surface area (Å²) in [6.45, 7) is 6.20. The number of rotatable bonds is 3. The minimum Gasteiger partial charge on any atom is -0.319 e. The molecule has 1 unspecified atom stereocenters. The van der Waals surface area contributed by atoms with E-state index >= 15 is 0 Å². The van der Waals surface area contributed by atoms with Crippen molar-refractivity contribution in [2.45, 2.75) is 32.9 Å². The fraction of sp³-hybridized carbons (Fsp3) is 0.500. The molecule has 2 N–H and O–H groups in total. The van der Waals surface area contributed by atoms with Crippen molar-refractivity contribution in [2.75, 3.05) is 0 Å². The first-order valence-corrected chi connectivity index (χ1v) is 6.69. The van der Waals surface area contributed by atoms with Gasteiger partial charge in [0.1, 0.15) is 0 Å². The van der Waals surface area contributed by atoms with Gasteiger partial charge >= 0.3 is 0 Å². The number of hydrogen-bond acceptors (Lipinski definition) is 3. The van der Waals surface area contributed by atoms with E-state index < -0.39 is 0 Å². The van der Waals surface area contributed by atoms with Crippen molar-refractivity contribution in [1.82, 2.24) is 19.6 Å². The molecule has 5 nitrogen and oxygen atoms in total. The summed E-state index contributed by atoms with van der Waals surface area (Å²) in [5, 5.41) is 8.60. The minimum absolute atomic E-state index is 0.224. The van der Waals surface area contributed by atoms with Crippen LogP contribution in [0.3, 0.4) is 0 Å². The lowest BCUT2D eigenvalue weighted by Crippen LogP contribution is -2.19. The van der Waals surface area contributed by atoms with Crippen molar-refractivity contribution in [2.24, 2.45) is 12.8 Å². The van der Waals surface area contributed by atoms with Gasteiger partial charge in [0.2, 0.25) is 0 Å². The third-order valence-electron chi connectivity index (χ3n) is 3.18. The Morgan fingerprint density at radius 3 is 2.44 bits per heavy atom. The zero-order valence-electron chi connectivity index (χ0n) is 11.1. The first-order chi connectivity index (χ1) is 8.43. The van der Waals surface area contributed by atoms with Crippen LogP contribution in [0.25, 0.3) is 0 Å². The highest BCUT2D eigenvalue weighted by atomic mass is 79.9. The van der Waals surface area contributed by atoms with Gasteiger partial charge in [0, 0.05) is 24.3 Å². The van der Waals surface area contributed by atoms with E-state index in [4.69, 9.17) is 5.73 Å². The van der Waals surface area contributed by atoms with Crippen LogP contribution in [-0.2, 0) is 7.05 Å². The van der Waals surface area contributed by atoms with E-state index in [2.05, 4.69) is 40.0 Å². The summed E-state index contributed by atoms with van der Waals surface area (Å²) in [5.74, 6) is 0. The molecule has 2 rings (SSSR count). The zero-order valence-corrected chi connectivity index (χ0v) is 12.6. The van der Waals surface area contributed by atoms with Crippen LogP contribution in [0.15, 0.2) is 16.9 Å². The number of aryl methyl sites for hydroxylation is 1. The highest BCUT2D eigenvalue weighted by Gasteiger charge is 2.22. The summed E-state index contributed by atoms with van der Waals surface area (Å²) >= 11 is 3.52. The Bertz CT molecular complexity index is 555. The van der Waals surface area contributed by atoms with Crippen LogP contribution < -0.4 is 5.73 Å². The normalized spacial score (nSPS) is 13.3. The highest BCUT2D eigenvalue weighted by Crippen LogP contribution is 2.29. The van der Waals surface area contributed by atoms with Crippen molar-refractivity contribution in [3.8, 4) is 0 Å². The number of nitrogens with zero attached hydrogens (tertiary/aromatic N) is 4. The van der Waals surface area contributed by atoms with Crippen molar-refractivity contribution >= 4 is 15.9 Å². The van der Waals surface area contributed by atoms with Gasteiger partial charge in [-0.25, -0.2) is 0 Å². The second-order valence-corrected chi connectivity index (χ2v) is 5.56. The largest absolute Gasteiger partial charge is 0.319 e. The Labute approximate surface area is 115 Å². The Morgan fingerprint density at radius 1 is 1.28 bits per heavy atom. The van der Waals surface area contributed by atoms with Crippen molar-refractivity contribution in [1.29, 1.82) is 0 Å². The molecule has 0 saturated heterocycles. The van der Waals surface area contributed by atoms with Crippen molar-refractivity contribution < 1.29 is 0 Å². The number of hydrogen-bond donors (Lipinski definition) is 1. The average Bonchev–Trinajstić information content (AvgIpc) is 2.84. The lowest BCUT2D eigenvalue weighted by atomic mass is 10.1. The summed E-state index contributed by atoms with van der Waals surface area (Å²) in [5.41, 5.74) is 9.46. The molecular formula is C12H18BrN5. The van der Waals surface area contributed by atoms with Crippen LogP contribution in [0, 0.1) is 6.92 Å². The smallest absolute Gasteiger partial charge is 0.0768 e. The molecule has 18 heavy (non-hydrogen) atoms. The van der Waals surface area contributed by atoms with E-state index in [1.165, 1.54) is 0 Å². The lowest BCUT2D eigenvalue weighted by Gasteiger charge is -2.17. The fourth-order valence-electron chi connectivity index (χ4n) is 2.02. The first kappa shape index (κ1) is 13.3. The van der Waals surface area contributed by atoms with Crippen molar-refractivity contribution in [3.63, 3.8) is 0 Å². The summed E-state index contributed by atoms with van der Waals surface area (Å²) in [6, 6.07) is 0.0484. The van der Waals surface area contributed by atoms with Gasteiger partial charge in [0.05, 0.1) is 28.6 Å². The third kappa shape index (κ3) is 2.10. The van der Waals surface area contributed by atoms with Gasteiger partial charge in [-0.3, -0.25) is 9.36 Å². The molecule has 0 aromatic carbocycles. The van der Waals surface area contributed by atoms with Crippen LogP contribution in [-0.4, -0.2) is 19.6 Å². The summed E-state index contributed by atoms with van der Waals surface area (Å²) in [4.78, 5) is 0. The maximum atomic E-state index is 6.37. The summed E-state index contributed by atoms with van der Waals surface area (Å²) in [7, 11) is 1.92. The van der Waals surface area contributed by atoms with Crippen LogP contribution in [0.2, 0.25) is 0 Å². The molecule has 0 radical (unpaired) electrons. The molecule has 0 aliphatic carbocycles. The molecule has 6 heteroatoms. The van der Waals surface area contributed by atoms with Gasteiger partial charge < -0.3 is 5.73 Å². The molecule has 0 spiro atoms. The molecule has 0 bridgehead atoms. The molecule has 1 atom stereocenters. The van der Waals surface area contributed by atoms with Crippen LogP contribution in [0.1, 0.15) is 42.9 Å². The molecular weight excluding hydrogens is 294 g/mol. The SMILES string of the molecule is Cc1c(C(N)c2c(Br)cnn2C(C)C)cnn1C. The Hall–Kier alpha value is -1.14. The van der Waals surface area contributed by atoms with E-state index in [0.717, 1.165) is 21.4 Å². The molecule has 98 valence electrons. The summed E-state index contributed by atoms with van der Waals surface area (Å²) in [6.07, 6.45) is 3.62. The highest BCUT2D eigenvalue weighted by molar-refractivity contribution is 9.10. The van der Waals surface area contributed by atoms with Crippen LogP contribution in [0.4, 0.5) is 0 Å². The van der Waals surface area contributed by atoms with Gasteiger partial charge in [-0.15, -0.1) is 0 Å². The first-order valence-electron chi connectivity index (χ1n) is 5.90. The van der Waals surface area contributed by atoms with Gasteiger partial charge in [-0.05, 0) is 36.7 Å². The third-order valence-corrected chi connectivity index (χ3v) is 3.79. The van der Waals surface area contributed by atoms with E-state index in [1.54, 1.807) is 6.20 Å². The van der Waals surface area contributed by atoms with Gasteiger partial charge in [-0.2, -0.15) is 10.2 Å². The quantitative estimate of drug-likeness (QED) is 0.946. The molecule has 0 amide bonds. The van der Waals surface area contributed by atoms with Gasteiger partial charge in [0.25, 0.3) is 0 Å². The predicted octanol–water partition coefficient (Wildman–Crippen LogP) is 2.32. The maximum Gasteiger partial charge on any atom is 0.0768 e. The zero-order chi connectivity index (χ0) is 13.4. The van der Waals surface area contributed by atoms with Crippen LogP contribution in [0.5, 0.6) is 0 Å². The standard InChI is InChI=1S/C12H18BrN5/c1-7(2)18-12(10(13)6-16-18)11(14)9-5-15-17(4)8(9)3/h5-7,11H,14H2,1-4H3. The van der Waals surface area contributed by atoms with E-state index in [-0.39, 0.29) is 12.1 Å². The summed E-state index contributed by atoms with van der Waals surface area (Å²) < 4.78 is 4.72. The Balaban J connectivity index is 2.49.